The molecule has 0 radical (unpaired) electrons. The third-order valence-electron chi connectivity index (χ3n) is 11.1. The molecule has 0 amide bonds. The van der Waals surface area contributed by atoms with Crippen molar-refractivity contribution in [2.75, 3.05) is 6.61 Å². The molecular formula is C33H48O8. The van der Waals surface area contributed by atoms with Crippen molar-refractivity contribution in [3.05, 3.63) is 11.6 Å². The van der Waals surface area contributed by atoms with E-state index >= 15 is 0 Å². The summed E-state index contributed by atoms with van der Waals surface area (Å²) in [6.45, 7) is 12.5. The fourth-order valence-corrected chi connectivity index (χ4v) is 9.37. The summed E-state index contributed by atoms with van der Waals surface area (Å²) < 4.78 is 16.5. The molecule has 4 aliphatic rings. The maximum Gasteiger partial charge on any atom is 0.302 e. The Balaban J connectivity index is 1.55. The molecule has 8 heteroatoms. The Morgan fingerprint density at radius 3 is 2.24 bits per heavy atom. The first-order valence-corrected chi connectivity index (χ1v) is 15.4. The van der Waals surface area contributed by atoms with Gasteiger partial charge >= 0.3 is 17.9 Å². The van der Waals surface area contributed by atoms with Gasteiger partial charge in [-0.1, -0.05) is 39.3 Å². The van der Waals surface area contributed by atoms with Crippen molar-refractivity contribution < 1.29 is 38.2 Å². The number of ether oxygens (including phenoxy) is 3. The molecule has 4 aliphatic carbocycles. The normalized spacial score (nSPS) is 37.3. The van der Waals surface area contributed by atoms with Crippen molar-refractivity contribution in [2.45, 2.75) is 112 Å². The number of Topliss-reactive ketones (excluding diaryl/α,β-unsaturated/α-hetero) is 2. The van der Waals surface area contributed by atoms with Crippen LogP contribution in [0.2, 0.25) is 0 Å². The predicted octanol–water partition coefficient (Wildman–Crippen LogP) is 5.40. The zero-order valence-electron chi connectivity index (χ0n) is 25.8. The van der Waals surface area contributed by atoms with Crippen molar-refractivity contribution in [3.63, 3.8) is 0 Å². The van der Waals surface area contributed by atoms with E-state index in [-0.39, 0.29) is 59.7 Å². The van der Waals surface area contributed by atoms with E-state index in [1.165, 1.54) is 26.3 Å². The Kier molecular flexibility index (Phi) is 9.20. The van der Waals surface area contributed by atoms with Gasteiger partial charge in [-0.3, -0.25) is 24.0 Å². The van der Waals surface area contributed by atoms with Gasteiger partial charge in [0.1, 0.15) is 12.2 Å². The summed E-state index contributed by atoms with van der Waals surface area (Å²) in [5, 5.41) is 0. The van der Waals surface area contributed by atoms with Gasteiger partial charge < -0.3 is 14.2 Å². The van der Waals surface area contributed by atoms with Crippen molar-refractivity contribution in [3.8, 4) is 0 Å². The molecule has 0 N–H and O–H groups in total. The summed E-state index contributed by atoms with van der Waals surface area (Å²) in [5.74, 6) is -1.81. The van der Waals surface area contributed by atoms with Gasteiger partial charge in [0.2, 0.25) is 5.78 Å². The van der Waals surface area contributed by atoms with E-state index in [0.717, 1.165) is 38.5 Å². The topological polar surface area (TPSA) is 113 Å². The van der Waals surface area contributed by atoms with Crippen LogP contribution in [0.3, 0.4) is 0 Å². The van der Waals surface area contributed by atoms with Crippen LogP contribution in [0.15, 0.2) is 11.6 Å². The fraction of sp³-hybridized carbons (Fsp3) is 0.788. The molecule has 0 aromatic rings. The molecule has 0 unspecified atom stereocenters. The number of carbonyl (C=O) groups is 5. The van der Waals surface area contributed by atoms with Gasteiger partial charge in [0.15, 0.2) is 5.78 Å². The second-order valence-electron chi connectivity index (χ2n) is 13.9. The van der Waals surface area contributed by atoms with E-state index in [0.29, 0.717) is 18.3 Å². The number of esters is 3. The first-order chi connectivity index (χ1) is 19.2. The minimum absolute atomic E-state index is 0.0203. The number of ketones is 2. The zero-order valence-corrected chi connectivity index (χ0v) is 25.8. The molecule has 8 nitrogen and oxygen atoms in total. The highest BCUT2D eigenvalue weighted by atomic mass is 16.5. The highest BCUT2D eigenvalue weighted by Gasteiger charge is 2.63. The van der Waals surface area contributed by atoms with Crippen LogP contribution in [-0.4, -0.2) is 48.3 Å². The molecule has 228 valence electrons. The molecule has 10 atom stereocenters. The summed E-state index contributed by atoms with van der Waals surface area (Å²) in [6, 6.07) is 0. The maximum absolute atomic E-state index is 13.5. The summed E-state index contributed by atoms with van der Waals surface area (Å²) in [6.07, 6.45) is 8.12. The molecule has 0 aromatic carbocycles. The summed E-state index contributed by atoms with van der Waals surface area (Å²) in [5.41, 5.74) is 1.21. The van der Waals surface area contributed by atoms with Crippen molar-refractivity contribution >= 4 is 29.5 Å². The average Bonchev–Trinajstić information content (AvgIpc) is 3.17. The fourth-order valence-electron chi connectivity index (χ4n) is 9.37. The summed E-state index contributed by atoms with van der Waals surface area (Å²) in [4.78, 5) is 61.6. The number of hydrogen-bond acceptors (Lipinski definition) is 8. The van der Waals surface area contributed by atoms with Crippen molar-refractivity contribution in [1.82, 2.24) is 0 Å². The van der Waals surface area contributed by atoms with Crippen LogP contribution >= 0.6 is 0 Å². The van der Waals surface area contributed by atoms with Crippen molar-refractivity contribution in [2.24, 2.45) is 46.3 Å². The second-order valence-corrected chi connectivity index (χ2v) is 13.9. The molecule has 0 bridgehead atoms. The lowest BCUT2D eigenvalue weighted by Crippen LogP contribution is -2.51. The minimum Gasteiger partial charge on any atom is -0.466 e. The van der Waals surface area contributed by atoms with Crippen LogP contribution in [-0.2, 0) is 38.2 Å². The lowest BCUT2D eigenvalue weighted by atomic mass is 9.47. The molecule has 4 rings (SSSR count). The molecule has 0 saturated heterocycles. The smallest absolute Gasteiger partial charge is 0.302 e. The number of rotatable bonds is 9. The Labute approximate surface area is 244 Å². The molecule has 0 aliphatic heterocycles. The Bertz CT molecular complexity index is 1110. The lowest BCUT2D eigenvalue weighted by Gasteiger charge is -2.58. The molecule has 0 spiro atoms. The number of allylic oxidation sites excluding steroid dienone is 1. The van der Waals surface area contributed by atoms with Gasteiger partial charge in [0.05, 0.1) is 6.61 Å². The number of carbonyl (C=O) groups excluding carboxylic acids is 5. The van der Waals surface area contributed by atoms with Gasteiger partial charge in [-0.15, -0.1) is 0 Å². The predicted molar refractivity (Wildman–Crippen MR) is 151 cm³/mol. The van der Waals surface area contributed by atoms with E-state index < -0.39 is 29.6 Å². The average molecular weight is 573 g/mol. The molecule has 0 aromatic heterocycles. The highest BCUT2D eigenvalue weighted by molar-refractivity contribution is 6.38. The van der Waals surface area contributed by atoms with Gasteiger partial charge in [0.25, 0.3) is 0 Å². The quantitative estimate of drug-likeness (QED) is 0.156. The summed E-state index contributed by atoms with van der Waals surface area (Å²) in [7, 11) is 0. The third kappa shape index (κ3) is 6.17. The SMILES string of the molecule is CC(=O)OC[C@H](C)CC(=O)C(=O)[C@@H](C)[C@H]1[C@@H](OC(C)=O)C[C@H]2[C@@H]3CC=C4C[C@@H](OC(C)=O)CC[C@]4(C)[C@H]3CC[C@]12C. The molecular weight excluding hydrogens is 524 g/mol. The largest absolute Gasteiger partial charge is 0.466 e. The Hall–Kier alpha value is -2.51. The van der Waals surface area contributed by atoms with Crippen LogP contribution in [0.1, 0.15) is 99.8 Å². The zero-order chi connectivity index (χ0) is 30.3. The number of hydrogen-bond donors (Lipinski definition) is 0. The Morgan fingerprint density at radius 1 is 0.927 bits per heavy atom. The second kappa shape index (κ2) is 12.0. The first kappa shape index (κ1) is 31.4. The van der Waals surface area contributed by atoms with Crippen LogP contribution < -0.4 is 0 Å². The van der Waals surface area contributed by atoms with Gasteiger partial charge in [0, 0.05) is 45.4 Å². The van der Waals surface area contributed by atoms with Crippen molar-refractivity contribution in [1.29, 1.82) is 0 Å². The molecule has 3 fully saturated rings. The van der Waals surface area contributed by atoms with E-state index in [4.69, 9.17) is 14.2 Å². The maximum atomic E-state index is 13.5. The van der Waals surface area contributed by atoms with Crippen LogP contribution in [0, 0.1) is 46.3 Å². The van der Waals surface area contributed by atoms with Crippen LogP contribution in [0.25, 0.3) is 0 Å². The lowest BCUT2D eigenvalue weighted by molar-refractivity contribution is -0.154. The van der Waals surface area contributed by atoms with Crippen LogP contribution in [0.5, 0.6) is 0 Å². The number of fused-ring (bicyclic) bond motifs is 5. The standard InChI is InChI=1S/C33H48O8/c1-18(17-39-20(3)34)14-28(37)31(38)19(2)30-29(41-22(5)36)16-27-25-9-8-23-15-24(40-21(4)35)10-12-32(23,6)26(25)11-13-33(27,30)7/h8,18-19,24-27,29-30H,9-17H2,1-7H3/t18-,19+,24+,25-,26+,27+,29+,30+,32+,33+/m1/s1. The van der Waals surface area contributed by atoms with Gasteiger partial charge in [-0.05, 0) is 73.0 Å². The molecule has 41 heavy (non-hydrogen) atoms. The van der Waals surface area contributed by atoms with Gasteiger partial charge in [-0.25, -0.2) is 0 Å². The molecule has 3 saturated carbocycles. The highest BCUT2D eigenvalue weighted by Crippen LogP contribution is 2.67. The van der Waals surface area contributed by atoms with E-state index in [1.807, 2.05) is 6.92 Å². The minimum atomic E-state index is -0.580. The first-order valence-electron chi connectivity index (χ1n) is 15.4. The third-order valence-corrected chi connectivity index (χ3v) is 11.1. The van der Waals surface area contributed by atoms with Crippen LogP contribution in [0.4, 0.5) is 0 Å². The monoisotopic (exact) mass is 572 g/mol. The van der Waals surface area contributed by atoms with Gasteiger partial charge in [-0.2, -0.15) is 0 Å². The van der Waals surface area contributed by atoms with E-state index in [9.17, 15) is 24.0 Å². The van der Waals surface area contributed by atoms with E-state index in [1.54, 1.807) is 6.92 Å². The summed E-state index contributed by atoms with van der Waals surface area (Å²) >= 11 is 0. The van der Waals surface area contributed by atoms with E-state index in [2.05, 4.69) is 19.9 Å². The molecule has 0 heterocycles. The Morgan fingerprint density at radius 2 is 1.61 bits per heavy atom.